The number of carbonyl (C=O) groups is 1. The third-order valence-corrected chi connectivity index (χ3v) is 3.23. The van der Waals surface area contributed by atoms with Crippen LogP contribution in [0, 0.1) is 0 Å². The molecule has 2 aromatic heterocycles. The van der Waals surface area contributed by atoms with Gasteiger partial charge in [0.1, 0.15) is 11.8 Å². The molecule has 0 aromatic carbocycles. The van der Waals surface area contributed by atoms with Gasteiger partial charge in [-0.2, -0.15) is 0 Å². The fourth-order valence-electron chi connectivity index (χ4n) is 1.93. The molecule has 1 aliphatic rings. The molecule has 3 rings (SSSR count). The minimum Gasteiger partial charge on any atom is -0.471 e. The molecule has 0 spiro atoms. The Bertz CT molecular complexity index is 598. The van der Waals surface area contributed by atoms with E-state index in [0.717, 1.165) is 0 Å². The zero-order valence-corrected chi connectivity index (χ0v) is 11.3. The summed E-state index contributed by atoms with van der Waals surface area (Å²) < 4.78 is 5.64. The molecular weight excluding hydrogens is 278 g/mol. The standard InChI is InChI=1S/C14H12ClN3O2/c15-10-4-5-13(17-7-10)20-11-8-18(9-11)14(19)12-3-1-2-6-16-12/h1-7,11H,8-9H2. The summed E-state index contributed by atoms with van der Waals surface area (Å²) >= 11 is 5.75. The van der Waals surface area contributed by atoms with Crippen LogP contribution in [0.4, 0.5) is 0 Å². The van der Waals surface area contributed by atoms with E-state index in [0.29, 0.717) is 29.7 Å². The Labute approximate surface area is 121 Å². The van der Waals surface area contributed by atoms with Crippen LogP contribution < -0.4 is 4.74 Å². The van der Waals surface area contributed by atoms with Crippen molar-refractivity contribution in [2.75, 3.05) is 13.1 Å². The van der Waals surface area contributed by atoms with Crippen LogP contribution in [0.2, 0.25) is 5.02 Å². The highest BCUT2D eigenvalue weighted by Crippen LogP contribution is 2.19. The molecule has 1 fully saturated rings. The van der Waals surface area contributed by atoms with E-state index in [4.69, 9.17) is 16.3 Å². The van der Waals surface area contributed by atoms with Crippen molar-refractivity contribution >= 4 is 17.5 Å². The van der Waals surface area contributed by atoms with Gasteiger partial charge in [0.05, 0.1) is 18.1 Å². The maximum absolute atomic E-state index is 12.0. The number of aromatic nitrogens is 2. The topological polar surface area (TPSA) is 55.3 Å². The molecule has 0 N–H and O–H groups in total. The molecule has 0 radical (unpaired) electrons. The second-order valence-electron chi connectivity index (χ2n) is 4.48. The van der Waals surface area contributed by atoms with Crippen LogP contribution in [-0.2, 0) is 0 Å². The monoisotopic (exact) mass is 289 g/mol. The first-order chi connectivity index (χ1) is 9.72. The Morgan fingerprint density at radius 1 is 1.25 bits per heavy atom. The third kappa shape index (κ3) is 2.72. The van der Waals surface area contributed by atoms with Crippen molar-refractivity contribution in [3.63, 3.8) is 0 Å². The van der Waals surface area contributed by atoms with Gasteiger partial charge in [0, 0.05) is 18.5 Å². The zero-order chi connectivity index (χ0) is 13.9. The number of pyridine rings is 2. The third-order valence-electron chi connectivity index (χ3n) is 3.01. The van der Waals surface area contributed by atoms with E-state index in [9.17, 15) is 4.79 Å². The number of likely N-dealkylation sites (tertiary alicyclic amines) is 1. The highest BCUT2D eigenvalue weighted by atomic mass is 35.5. The van der Waals surface area contributed by atoms with E-state index in [-0.39, 0.29) is 12.0 Å². The first-order valence-electron chi connectivity index (χ1n) is 6.21. The van der Waals surface area contributed by atoms with Crippen molar-refractivity contribution in [1.82, 2.24) is 14.9 Å². The maximum Gasteiger partial charge on any atom is 0.272 e. The molecule has 102 valence electrons. The van der Waals surface area contributed by atoms with Gasteiger partial charge < -0.3 is 9.64 Å². The van der Waals surface area contributed by atoms with Gasteiger partial charge in [-0.15, -0.1) is 0 Å². The lowest BCUT2D eigenvalue weighted by atomic mass is 10.1. The van der Waals surface area contributed by atoms with Crippen LogP contribution >= 0.6 is 11.6 Å². The summed E-state index contributed by atoms with van der Waals surface area (Å²) in [5.74, 6) is 0.443. The van der Waals surface area contributed by atoms with Gasteiger partial charge in [-0.3, -0.25) is 9.78 Å². The van der Waals surface area contributed by atoms with Gasteiger partial charge in [-0.1, -0.05) is 17.7 Å². The first kappa shape index (κ1) is 12.9. The van der Waals surface area contributed by atoms with Crippen molar-refractivity contribution in [1.29, 1.82) is 0 Å². The molecule has 1 saturated heterocycles. The van der Waals surface area contributed by atoms with E-state index in [1.807, 2.05) is 0 Å². The number of hydrogen-bond acceptors (Lipinski definition) is 4. The highest BCUT2D eigenvalue weighted by Gasteiger charge is 2.33. The van der Waals surface area contributed by atoms with E-state index in [1.165, 1.54) is 6.20 Å². The number of hydrogen-bond donors (Lipinski definition) is 0. The molecule has 2 aromatic rings. The first-order valence-corrected chi connectivity index (χ1v) is 6.59. The van der Waals surface area contributed by atoms with Gasteiger partial charge in [0.15, 0.2) is 0 Å². The average molecular weight is 290 g/mol. The fourth-order valence-corrected chi connectivity index (χ4v) is 2.04. The fraction of sp³-hybridized carbons (Fsp3) is 0.214. The number of nitrogens with zero attached hydrogens (tertiary/aromatic N) is 3. The van der Waals surface area contributed by atoms with E-state index < -0.39 is 0 Å². The highest BCUT2D eigenvalue weighted by molar-refractivity contribution is 6.30. The molecule has 1 amide bonds. The SMILES string of the molecule is O=C(c1ccccn1)N1CC(Oc2ccc(Cl)cn2)C1. The molecule has 1 aliphatic heterocycles. The molecule has 20 heavy (non-hydrogen) atoms. The quantitative estimate of drug-likeness (QED) is 0.867. The second-order valence-corrected chi connectivity index (χ2v) is 4.92. The smallest absolute Gasteiger partial charge is 0.272 e. The Balaban J connectivity index is 1.54. The van der Waals surface area contributed by atoms with Crippen molar-refractivity contribution < 1.29 is 9.53 Å². The molecule has 0 bridgehead atoms. The van der Waals surface area contributed by atoms with Gasteiger partial charge in [-0.05, 0) is 18.2 Å². The van der Waals surface area contributed by atoms with Crippen LogP contribution in [-0.4, -0.2) is 40.0 Å². The van der Waals surface area contributed by atoms with Gasteiger partial charge in [0.2, 0.25) is 5.88 Å². The lowest BCUT2D eigenvalue weighted by molar-refractivity contribution is 0.0156. The summed E-state index contributed by atoms with van der Waals surface area (Å²) in [7, 11) is 0. The molecule has 0 saturated carbocycles. The summed E-state index contributed by atoms with van der Waals surface area (Å²) in [5.41, 5.74) is 0.454. The zero-order valence-electron chi connectivity index (χ0n) is 10.6. The summed E-state index contributed by atoms with van der Waals surface area (Å²) in [5, 5.41) is 0.568. The summed E-state index contributed by atoms with van der Waals surface area (Å²) in [6, 6.07) is 8.72. The largest absolute Gasteiger partial charge is 0.471 e. The van der Waals surface area contributed by atoms with Crippen LogP contribution in [0.5, 0.6) is 5.88 Å². The van der Waals surface area contributed by atoms with Crippen molar-refractivity contribution in [3.05, 3.63) is 53.4 Å². The van der Waals surface area contributed by atoms with Crippen LogP contribution in [0.15, 0.2) is 42.7 Å². The molecule has 5 nitrogen and oxygen atoms in total. The Morgan fingerprint density at radius 2 is 2.10 bits per heavy atom. The molecular formula is C14H12ClN3O2. The number of carbonyl (C=O) groups excluding carboxylic acids is 1. The van der Waals surface area contributed by atoms with Crippen LogP contribution in [0.1, 0.15) is 10.5 Å². The number of halogens is 1. The van der Waals surface area contributed by atoms with Gasteiger partial charge >= 0.3 is 0 Å². The number of rotatable bonds is 3. The minimum absolute atomic E-state index is 0.0312. The number of ether oxygens (including phenoxy) is 1. The predicted octanol–water partition coefficient (Wildman–Crippen LogP) is 2.03. The molecule has 0 atom stereocenters. The molecule has 6 heteroatoms. The van der Waals surface area contributed by atoms with Gasteiger partial charge in [-0.25, -0.2) is 4.98 Å². The number of amides is 1. The van der Waals surface area contributed by atoms with Gasteiger partial charge in [0.25, 0.3) is 5.91 Å². The van der Waals surface area contributed by atoms with Crippen molar-refractivity contribution in [3.8, 4) is 5.88 Å². The second kappa shape index (κ2) is 5.46. The molecule has 3 heterocycles. The Kier molecular flexibility index (Phi) is 3.52. The molecule has 0 aliphatic carbocycles. The van der Waals surface area contributed by atoms with E-state index in [1.54, 1.807) is 41.4 Å². The molecule has 0 unspecified atom stereocenters. The minimum atomic E-state index is -0.0745. The normalized spacial score (nSPS) is 14.8. The Morgan fingerprint density at radius 3 is 2.75 bits per heavy atom. The predicted molar refractivity (Wildman–Crippen MR) is 73.8 cm³/mol. The Hall–Kier alpha value is -2.14. The average Bonchev–Trinajstić information content (AvgIpc) is 2.45. The van der Waals surface area contributed by atoms with Crippen LogP contribution in [0.25, 0.3) is 0 Å². The summed E-state index contributed by atoms with van der Waals surface area (Å²) in [4.78, 5) is 21.8. The van der Waals surface area contributed by atoms with E-state index >= 15 is 0 Å². The summed E-state index contributed by atoms with van der Waals surface area (Å²) in [6.07, 6.45) is 3.11. The maximum atomic E-state index is 12.0. The van der Waals surface area contributed by atoms with Crippen LogP contribution in [0.3, 0.4) is 0 Å². The lowest BCUT2D eigenvalue weighted by Crippen LogP contribution is -2.56. The van der Waals surface area contributed by atoms with E-state index in [2.05, 4.69) is 9.97 Å². The summed E-state index contributed by atoms with van der Waals surface area (Å²) in [6.45, 7) is 1.08. The lowest BCUT2D eigenvalue weighted by Gasteiger charge is -2.38. The van der Waals surface area contributed by atoms with Crippen molar-refractivity contribution in [2.24, 2.45) is 0 Å². The van der Waals surface area contributed by atoms with Crippen molar-refractivity contribution in [2.45, 2.75) is 6.10 Å².